The lowest BCUT2D eigenvalue weighted by Gasteiger charge is -2.41. The Labute approximate surface area is 73.1 Å². The Morgan fingerprint density at radius 3 is 2.58 bits per heavy atom. The molecule has 0 radical (unpaired) electrons. The van der Waals surface area contributed by atoms with Gasteiger partial charge in [-0.3, -0.25) is 0 Å². The fourth-order valence-corrected chi connectivity index (χ4v) is 2.13. The summed E-state index contributed by atoms with van der Waals surface area (Å²) in [5.74, 6) is 0. The van der Waals surface area contributed by atoms with E-state index >= 15 is 0 Å². The third-order valence-corrected chi connectivity index (χ3v) is 3.03. The van der Waals surface area contributed by atoms with Gasteiger partial charge < -0.3 is 15.2 Å². The van der Waals surface area contributed by atoms with E-state index in [0.717, 1.165) is 38.8 Å². The molecule has 1 atom stereocenters. The van der Waals surface area contributed by atoms with E-state index in [1.165, 1.54) is 0 Å². The van der Waals surface area contributed by atoms with Crippen molar-refractivity contribution >= 4 is 0 Å². The molecule has 2 N–H and O–H groups in total. The third-order valence-electron chi connectivity index (χ3n) is 3.03. The van der Waals surface area contributed by atoms with Crippen LogP contribution in [0, 0.1) is 0 Å². The first kappa shape index (κ1) is 8.48. The van der Waals surface area contributed by atoms with Gasteiger partial charge in [-0.1, -0.05) is 0 Å². The largest absolute Gasteiger partial charge is 0.391 e. The molecule has 2 rings (SSSR count). The molecule has 0 amide bonds. The SMILES string of the molecule is O[C@H]1CCC2(CCNCC2)OC1. The minimum absolute atomic E-state index is 0.116. The Morgan fingerprint density at radius 1 is 1.25 bits per heavy atom. The van der Waals surface area contributed by atoms with E-state index in [0.29, 0.717) is 6.61 Å². The monoisotopic (exact) mass is 171 g/mol. The van der Waals surface area contributed by atoms with Crippen LogP contribution in [-0.2, 0) is 4.74 Å². The van der Waals surface area contributed by atoms with Gasteiger partial charge >= 0.3 is 0 Å². The van der Waals surface area contributed by atoms with Crippen LogP contribution in [0.15, 0.2) is 0 Å². The lowest BCUT2D eigenvalue weighted by molar-refractivity contribution is -0.136. The van der Waals surface area contributed by atoms with E-state index in [9.17, 15) is 5.11 Å². The zero-order chi connectivity index (χ0) is 8.44. The smallest absolute Gasteiger partial charge is 0.0775 e. The predicted molar refractivity (Wildman–Crippen MR) is 46.0 cm³/mol. The van der Waals surface area contributed by atoms with Crippen LogP contribution >= 0.6 is 0 Å². The lowest BCUT2D eigenvalue weighted by atomic mass is 9.85. The zero-order valence-corrected chi connectivity index (χ0v) is 7.38. The molecule has 0 aromatic rings. The van der Waals surface area contributed by atoms with Crippen LogP contribution in [0.5, 0.6) is 0 Å². The molecule has 1 spiro atoms. The molecule has 2 heterocycles. The van der Waals surface area contributed by atoms with Gasteiger partial charge in [0.15, 0.2) is 0 Å². The van der Waals surface area contributed by atoms with Gasteiger partial charge in [0, 0.05) is 0 Å². The Morgan fingerprint density at radius 2 is 2.00 bits per heavy atom. The van der Waals surface area contributed by atoms with Crippen molar-refractivity contribution in [2.75, 3.05) is 19.7 Å². The normalized spacial score (nSPS) is 35.2. The first-order valence-corrected chi connectivity index (χ1v) is 4.84. The summed E-state index contributed by atoms with van der Waals surface area (Å²) in [4.78, 5) is 0. The fourth-order valence-electron chi connectivity index (χ4n) is 2.13. The highest BCUT2D eigenvalue weighted by Crippen LogP contribution is 2.32. The molecular formula is C9H17NO2. The van der Waals surface area contributed by atoms with Gasteiger partial charge in [-0.05, 0) is 38.8 Å². The van der Waals surface area contributed by atoms with E-state index in [1.807, 2.05) is 0 Å². The van der Waals surface area contributed by atoms with Gasteiger partial charge in [-0.25, -0.2) is 0 Å². The average molecular weight is 171 g/mol. The molecule has 2 aliphatic heterocycles. The van der Waals surface area contributed by atoms with Crippen molar-refractivity contribution in [3.8, 4) is 0 Å². The van der Waals surface area contributed by atoms with Crippen molar-refractivity contribution < 1.29 is 9.84 Å². The molecule has 12 heavy (non-hydrogen) atoms. The average Bonchev–Trinajstić information content (AvgIpc) is 2.13. The Hall–Kier alpha value is -0.120. The van der Waals surface area contributed by atoms with Crippen LogP contribution in [0.3, 0.4) is 0 Å². The third kappa shape index (κ3) is 1.63. The predicted octanol–water partition coefficient (Wildman–Crippen LogP) is 0.280. The molecule has 0 aromatic heterocycles. The van der Waals surface area contributed by atoms with Crippen molar-refractivity contribution in [3.63, 3.8) is 0 Å². The molecule has 3 heteroatoms. The summed E-state index contributed by atoms with van der Waals surface area (Å²) in [6.07, 6.45) is 3.96. The standard InChI is InChI=1S/C9H17NO2/c11-8-1-2-9(12-7-8)3-5-10-6-4-9/h8,10-11H,1-7H2/t8-/m0/s1. The van der Waals surface area contributed by atoms with Crippen LogP contribution in [0.1, 0.15) is 25.7 Å². The summed E-state index contributed by atoms with van der Waals surface area (Å²) in [7, 11) is 0. The lowest BCUT2D eigenvalue weighted by Crippen LogP contribution is -2.48. The summed E-state index contributed by atoms with van der Waals surface area (Å²) >= 11 is 0. The number of hydrogen-bond donors (Lipinski definition) is 2. The number of aliphatic hydroxyl groups excluding tert-OH is 1. The van der Waals surface area contributed by atoms with Crippen molar-refractivity contribution in [1.82, 2.24) is 5.32 Å². The number of aliphatic hydroxyl groups is 1. The van der Waals surface area contributed by atoms with Gasteiger partial charge in [-0.15, -0.1) is 0 Å². The molecule has 2 saturated heterocycles. The number of rotatable bonds is 0. The van der Waals surface area contributed by atoms with Crippen molar-refractivity contribution in [2.24, 2.45) is 0 Å². The second-order valence-corrected chi connectivity index (χ2v) is 3.94. The van der Waals surface area contributed by atoms with Gasteiger partial charge in [0.25, 0.3) is 0 Å². The Kier molecular flexibility index (Phi) is 2.35. The van der Waals surface area contributed by atoms with Crippen molar-refractivity contribution in [2.45, 2.75) is 37.4 Å². The highest BCUT2D eigenvalue weighted by atomic mass is 16.5. The molecule has 70 valence electrons. The zero-order valence-electron chi connectivity index (χ0n) is 7.38. The maximum Gasteiger partial charge on any atom is 0.0775 e. The fraction of sp³-hybridized carbons (Fsp3) is 1.00. The number of hydrogen-bond acceptors (Lipinski definition) is 3. The van der Waals surface area contributed by atoms with Crippen LogP contribution in [0.4, 0.5) is 0 Å². The van der Waals surface area contributed by atoms with Crippen LogP contribution in [0.25, 0.3) is 0 Å². The van der Waals surface area contributed by atoms with Gasteiger partial charge in [-0.2, -0.15) is 0 Å². The summed E-state index contributed by atoms with van der Waals surface area (Å²) in [6, 6.07) is 0. The first-order valence-electron chi connectivity index (χ1n) is 4.84. The van der Waals surface area contributed by atoms with Crippen LogP contribution in [0.2, 0.25) is 0 Å². The highest BCUT2D eigenvalue weighted by Gasteiger charge is 2.36. The molecule has 2 aliphatic rings. The molecule has 0 aromatic carbocycles. The minimum Gasteiger partial charge on any atom is -0.391 e. The summed E-state index contributed by atoms with van der Waals surface area (Å²) < 4.78 is 5.73. The summed E-state index contributed by atoms with van der Waals surface area (Å²) in [5, 5.41) is 12.6. The maximum atomic E-state index is 9.28. The number of piperidine rings is 1. The van der Waals surface area contributed by atoms with Crippen LogP contribution < -0.4 is 5.32 Å². The quantitative estimate of drug-likeness (QED) is 0.550. The van der Waals surface area contributed by atoms with Gasteiger partial charge in [0.05, 0.1) is 18.3 Å². The van der Waals surface area contributed by atoms with E-state index in [2.05, 4.69) is 5.32 Å². The molecule has 3 nitrogen and oxygen atoms in total. The number of nitrogens with one attached hydrogen (secondary N) is 1. The highest BCUT2D eigenvalue weighted by molar-refractivity contribution is 4.89. The Balaban J connectivity index is 1.92. The Bertz CT molecular complexity index is 145. The van der Waals surface area contributed by atoms with E-state index in [1.54, 1.807) is 0 Å². The van der Waals surface area contributed by atoms with E-state index < -0.39 is 0 Å². The second kappa shape index (κ2) is 3.32. The molecule has 2 fully saturated rings. The minimum atomic E-state index is -0.217. The van der Waals surface area contributed by atoms with Gasteiger partial charge in [0.1, 0.15) is 0 Å². The van der Waals surface area contributed by atoms with Crippen LogP contribution in [-0.4, -0.2) is 36.5 Å². The summed E-state index contributed by atoms with van der Waals surface area (Å²) in [6.45, 7) is 2.67. The molecule has 0 aliphatic carbocycles. The second-order valence-electron chi connectivity index (χ2n) is 3.94. The molecular weight excluding hydrogens is 154 g/mol. The molecule has 0 saturated carbocycles. The molecule has 0 unspecified atom stereocenters. The van der Waals surface area contributed by atoms with E-state index in [-0.39, 0.29) is 11.7 Å². The summed E-state index contributed by atoms with van der Waals surface area (Å²) in [5.41, 5.74) is 0.116. The first-order chi connectivity index (χ1) is 5.81. The van der Waals surface area contributed by atoms with Crippen molar-refractivity contribution in [3.05, 3.63) is 0 Å². The number of ether oxygens (including phenoxy) is 1. The van der Waals surface area contributed by atoms with Crippen molar-refractivity contribution in [1.29, 1.82) is 0 Å². The van der Waals surface area contributed by atoms with E-state index in [4.69, 9.17) is 4.74 Å². The maximum absolute atomic E-state index is 9.28. The topological polar surface area (TPSA) is 41.5 Å². The molecule has 0 bridgehead atoms. The van der Waals surface area contributed by atoms with Gasteiger partial charge in [0.2, 0.25) is 0 Å².